The number of carbonyl (C=O) groups is 1. The predicted octanol–water partition coefficient (Wildman–Crippen LogP) is 3.25. The van der Waals surface area contributed by atoms with Crippen LogP contribution in [0.5, 0.6) is 0 Å². The molecule has 0 bridgehead atoms. The lowest BCUT2D eigenvalue weighted by atomic mass is 10.1. The van der Waals surface area contributed by atoms with Gasteiger partial charge in [0.05, 0.1) is 26.7 Å². The van der Waals surface area contributed by atoms with Gasteiger partial charge in [-0.1, -0.05) is 35.7 Å². The summed E-state index contributed by atoms with van der Waals surface area (Å²) in [6.45, 7) is 2.10. The van der Waals surface area contributed by atoms with Gasteiger partial charge in [0, 0.05) is 44.5 Å². The van der Waals surface area contributed by atoms with Gasteiger partial charge in [-0.2, -0.15) is 0 Å². The number of dihydropyridines is 1. The molecule has 6 nitrogen and oxygen atoms in total. The van der Waals surface area contributed by atoms with Crippen LogP contribution >= 0.6 is 23.5 Å². The number of aliphatic imine (C=N–C) groups is 2. The Morgan fingerprint density at radius 3 is 2.97 bits per heavy atom. The largest absolute Gasteiger partial charge is 0.377 e. The van der Waals surface area contributed by atoms with Gasteiger partial charge in [-0.15, -0.1) is 0 Å². The van der Waals surface area contributed by atoms with Crippen molar-refractivity contribution >= 4 is 41.2 Å². The molecule has 1 saturated carbocycles. The molecular weight excluding hydrogens is 414 g/mol. The summed E-state index contributed by atoms with van der Waals surface area (Å²) in [5, 5.41) is 4.51. The molecule has 30 heavy (non-hydrogen) atoms. The lowest BCUT2D eigenvalue weighted by molar-refractivity contribution is -0.104. The van der Waals surface area contributed by atoms with E-state index < -0.39 is 0 Å². The van der Waals surface area contributed by atoms with Crippen molar-refractivity contribution in [2.45, 2.75) is 35.4 Å². The number of aldehydes is 1. The monoisotopic (exact) mass is 439 g/mol. The molecule has 0 aromatic heterocycles. The number of fused-ring (bicyclic) bond motifs is 1. The van der Waals surface area contributed by atoms with E-state index in [9.17, 15) is 4.79 Å². The van der Waals surface area contributed by atoms with Gasteiger partial charge in [-0.3, -0.25) is 9.79 Å². The number of hydrogen-bond donors (Lipinski definition) is 1. The first kappa shape index (κ1) is 19.8. The minimum atomic E-state index is -0.0909. The predicted molar refractivity (Wildman–Crippen MR) is 126 cm³/mol. The molecule has 5 rings (SSSR count). The Bertz CT molecular complexity index is 1030. The lowest BCUT2D eigenvalue weighted by Gasteiger charge is -2.25. The quantitative estimate of drug-likeness (QED) is 0.307. The highest BCUT2D eigenvalue weighted by Gasteiger charge is 2.70. The molecule has 0 aromatic carbocycles. The molecule has 3 atom stereocenters. The zero-order valence-electron chi connectivity index (χ0n) is 17.5. The smallest absolute Gasteiger partial charge is 0.158 e. The Labute approximate surface area is 185 Å². The molecule has 5 aliphatic rings. The third-order valence-electron chi connectivity index (χ3n) is 6.11. The fourth-order valence-electron chi connectivity index (χ4n) is 4.58. The summed E-state index contributed by atoms with van der Waals surface area (Å²) in [5.74, 6) is 0. The second kappa shape index (κ2) is 6.92. The topological polar surface area (TPSA) is 60.3 Å². The van der Waals surface area contributed by atoms with Crippen molar-refractivity contribution in [2.24, 2.45) is 9.98 Å². The van der Waals surface area contributed by atoms with Gasteiger partial charge < -0.3 is 15.1 Å². The maximum atomic E-state index is 11.7. The molecular formula is C22H25N5OS2. The fourth-order valence-corrected chi connectivity index (χ4v) is 7.13. The zero-order chi connectivity index (χ0) is 21.1. The van der Waals surface area contributed by atoms with Crippen LogP contribution in [-0.4, -0.2) is 64.3 Å². The lowest BCUT2D eigenvalue weighted by Crippen LogP contribution is -2.28. The van der Waals surface area contributed by atoms with Crippen LogP contribution in [0.4, 0.5) is 0 Å². The minimum absolute atomic E-state index is 0.0175. The molecule has 1 N–H and O–H groups in total. The first-order chi connectivity index (χ1) is 14.4. The second-order valence-corrected chi connectivity index (χ2v) is 11.0. The summed E-state index contributed by atoms with van der Waals surface area (Å²) in [6, 6.07) is 0. The van der Waals surface area contributed by atoms with Gasteiger partial charge in [-0.05, 0) is 31.7 Å². The van der Waals surface area contributed by atoms with E-state index in [-0.39, 0.29) is 15.7 Å². The van der Waals surface area contributed by atoms with Crippen molar-refractivity contribution in [2.75, 3.05) is 21.1 Å². The number of rotatable bonds is 5. The number of likely N-dealkylation sites (N-methyl/N-ethyl adjacent to an activating group) is 1. The minimum Gasteiger partial charge on any atom is -0.377 e. The highest BCUT2D eigenvalue weighted by Crippen LogP contribution is 2.67. The first-order valence-corrected chi connectivity index (χ1v) is 11.7. The Hall–Kier alpha value is -2.19. The third kappa shape index (κ3) is 2.92. The molecule has 0 aromatic rings. The maximum absolute atomic E-state index is 11.7. The fraction of sp³-hybridized carbons (Fsp3) is 0.409. The first-order valence-electron chi connectivity index (χ1n) is 10.0. The van der Waals surface area contributed by atoms with E-state index in [4.69, 9.17) is 9.98 Å². The molecule has 0 saturated heterocycles. The van der Waals surface area contributed by atoms with Crippen LogP contribution in [0.2, 0.25) is 0 Å². The van der Waals surface area contributed by atoms with E-state index in [1.54, 1.807) is 0 Å². The van der Waals surface area contributed by atoms with Gasteiger partial charge in [0.25, 0.3) is 0 Å². The number of allylic oxidation sites excluding steroid dienone is 3. The molecule has 1 fully saturated rings. The number of nitrogens with zero attached hydrogens (tertiary/aromatic N) is 4. The average molecular weight is 440 g/mol. The maximum Gasteiger partial charge on any atom is 0.158 e. The van der Waals surface area contributed by atoms with Crippen LogP contribution in [0, 0.1) is 0 Å². The van der Waals surface area contributed by atoms with Crippen molar-refractivity contribution in [1.82, 2.24) is 15.1 Å². The molecule has 3 unspecified atom stereocenters. The number of thioether (sulfide) groups is 2. The van der Waals surface area contributed by atoms with Crippen LogP contribution in [0.3, 0.4) is 0 Å². The summed E-state index contributed by atoms with van der Waals surface area (Å²) in [4.78, 5) is 26.3. The van der Waals surface area contributed by atoms with E-state index in [2.05, 4.69) is 40.3 Å². The van der Waals surface area contributed by atoms with Crippen LogP contribution in [0.25, 0.3) is 0 Å². The van der Waals surface area contributed by atoms with Crippen LogP contribution in [0.15, 0.2) is 68.1 Å². The molecule has 3 heterocycles. The summed E-state index contributed by atoms with van der Waals surface area (Å²) in [5.41, 5.74) is 3.98. The van der Waals surface area contributed by atoms with E-state index in [1.807, 2.05) is 51.5 Å². The summed E-state index contributed by atoms with van der Waals surface area (Å²) >= 11 is 3.41. The number of hydrogen-bond acceptors (Lipinski definition) is 7. The van der Waals surface area contributed by atoms with Crippen molar-refractivity contribution in [1.29, 1.82) is 0 Å². The van der Waals surface area contributed by atoms with Crippen molar-refractivity contribution in [3.8, 4) is 0 Å². The summed E-state index contributed by atoms with van der Waals surface area (Å²) in [7, 11) is 6.05. The third-order valence-corrected chi connectivity index (χ3v) is 8.64. The molecule has 3 aliphatic heterocycles. The number of nitrogens with one attached hydrogen (secondary N) is 1. The van der Waals surface area contributed by atoms with E-state index in [0.29, 0.717) is 4.91 Å². The molecule has 0 spiro atoms. The van der Waals surface area contributed by atoms with Gasteiger partial charge in [0.2, 0.25) is 0 Å². The summed E-state index contributed by atoms with van der Waals surface area (Å²) < 4.78 is 0.130. The summed E-state index contributed by atoms with van der Waals surface area (Å²) in [6.07, 6.45) is 15.6. The molecule has 0 amide bonds. The van der Waals surface area contributed by atoms with E-state index in [0.717, 1.165) is 41.1 Å². The van der Waals surface area contributed by atoms with Crippen molar-refractivity contribution in [3.05, 3.63) is 58.1 Å². The standard InChI is InChI=1S/C22H25N5OS2/c1-14-25-21-10-15(6-5-8-22(21,12-21)30-14)27(4)13-24-19-17(11-28)29-20-18(19)16(26(2)3)7-9-23-20/h5,7-11,13,20,23H,6,12H2,1-4H3. The molecule has 2 aliphatic carbocycles. The molecule has 8 heteroatoms. The number of carbonyl (C=O) groups excluding carboxylic acids is 1. The van der Waals surface area contributed by atoms with Crippen molar-refractivity contribution < 1.29 is 4.79 Å². The van der Waals surface area contributed by atoms with Gasteiger partial charge in [-0.25, -0.2) is 4.99 Å². The van der Waals surface area contributed by atoms with Crippen LogP contribution in [0.1, 0.15) is 19.8 Å². The molecule has 156 valence electrons. The van der Waals surface area contributed by atoms with Gasteiger partial charge in [0.15, 0.2) is 6.29 Å². The Kier molecular flexibility index (Phi) is 4.56. The van der Waals surface area contributed by atoms with Crippen LogP contribution < -0.4 is 5.32 Å². The Balaban J connectivity index is 1.45. The highest BCUT2D eigenvalue weighted by molar-refractivity contribution is 8.15. The second-order valence-electron chi connectivity index (χ2n) is 8.34. The Morgan fingerprint density at radius 1 is 1.37 bits per heavy atom. The van der Waals surface area contributed by atoms with Gasteiger partial charge >= 0.3 is 0 Å². The van der Waals surface area contributed by atoms with E-state index in [1.165, 1.54) is 17.5 Å². The molecule has 0 radical (unpaired) electrons. The SMILES string of the molecule is CC1=NC23C=C(N(C)C=NC4=C(C=O)SC5NC=CC(N(C)C)=C45)CC=CC2(C3)S1. The van der Waals surface area contributed by atoms with Crippen LogP contribution in [-0.2, 0) is 4.79 Å². The average Bonchev–Trinajstić information content (AvgIpc) is 3.03. The zero-order valence-corrected chi connectivity index (χ0v) is 19.2. The highest BCUT2D eigenvalue weighted by atomic mass is 32.2. The normalized spacial score (nSPS) is 33.5. The van der Waals surface area contributed by atoms with Gasteiger partial charge in [0.1, 0.15) is 10.9 Å². The van der Waals surface area contributed by atoms with Crippen molar-refractivity contribution in [3.63, 3.8) is 0 Å². The van der Waals surface area contributed by atoms with E-state index >= 15 is 0 Å². The Morgan fingerprint density at radius 2 is 2.20 bits per heavy atom.